The monoisotopic (exact) mass is 480 g/mol. The van der Waals surface area contributed by atoms with Gasteiger partial charge in [0.2, 0.25) is 0 Å². The molecule has 0 aromatic rings. The molecule has 0 amide bonds. The Bertz CT molecular complexity index is 500. The Morgan fingerprint density at radius 2 is 1.36 bits per heavy atom. The summed E-state index contributed by atoms with van der Waals surface area (Å²) < 4.78 is 26.3. The Balaban J connectivity index is 5.25. The van der Waals surface area contributed by atoms with E-state index in [0.717, 1.165) is 12.8 Å². The molecule has 0 aromatic heterocycles. The quantitative estimate of drug-likeness (QED) is 0.298. The normalized spacial score (nSPS) is 18.5. The second-order valence-corrected chi connectivity index (χ2v) is 31.0. The molecule has 0 radical (unpaired) electrons. The lowest BCUT2D eigenvalue weighted by Crippen LogP contribution is -2.59. The molecule has 3 atom stereocenters. The van der Waals surface area contributed by atoms with Crippen LogP contribution in [0.3, 0.4) is 0 Å². The standard InChI is InChI=1S/C19H48O4Si5/c1-15-18(25(5,6)7)20-27(11,12)22-24(17-3)23-28(13,14)21-19(4,16-2)26(8,9)10/h17-18,24H,3,15-16H2,1-2,4-14H3. The summed E-state index contributed by atoms with van der Waals surface area (Å²) in [6.07, 6.45) is 2.03. The second kappa shape index (κ2) is 10.3. The highest BCUT2D eigenvalue weighted by atomic mass is 28.5. The van der Waals surface area contributed by atoms with Crippen LogP contribution in [-0.4, -0.2) is 53.5 Å². The highest BCUT2D eigenvalue weighted by molar-refractivity contribution is 6.82. The third kappa shape index (κ3) is 9.21. The van der Waals surface area contributed by atoms with E-state index in [1.54, 1.807) is 0 Å². The summed E-state index contributed by atoms with van der Waals surface area (Å²) in [5, 5.41) is -0.0998. The van der Waals surface area contributed by atoms with Gasteiger partial charge in [0.15, 0.2) is 0 Å². The lowest BCUT2D eigenvalue weighted by molar-refractivity contribution is 0.115. The predicted octanol–water partition coefficient (Wildman–Crippen LogP) is 6.10. The van der Waals surface area contributed by atoms with Crippen LogP contribution in [-0.2, 0) is 17.1 Å². The first-order valence-corrected chi connectivity index (χ1v) is 25.0. The number of hydrogen-bond acceptors (Lipinski definition) is 4. The van der Waals surface area contributed by atoms with Gasteiger partial charge in [-0.25, -0.2) is 0 Å². The smallest absolute Gasteiger partial charge is 0.330 e. The SMILES string of the molecule is C=C[SiH](O[Si](C)(C)OC(CC)[Si](C)(C)C)O[Si](C)(C)OC(C)(CC)[Si](C)(C)C. The Labute approximate surface area is 181 Å². The van der Waals surface area contributed by atoms with E-state index < -0.39 is 42.6 Å². The molecule has 0 fully saturated rings. The molecule has 0 spiro atoms. The van der Waals surface area contributed by atoms with E-state index in [4.69, 9.17) is 17.1 Å². The topological polar surface area (TPSA) is 36.9 Å². The van der Waals surface area contributed by atoms with Gasteiger partial charge in [0.25, 0.3) is 0 Å². The fourth-order valence-corrected chi connectivity index (χ4v) is 18.1. The van der Waals surface area contributed by atoms with E-state index in [0.29, 0.717) is 5.73 Å². The molecular weight excluding hydrogens is 433 g/mol. The van der Waals surface area contributed by atoms with E-state index in [-0.39, 0.29) is 5.22 Å². The third-order valence-electron chi connectivity index (χ3n) is 5.49. The van der Waals surface area contributed by atoms with Gasteiger partial charge < -0.3 is 17.1 Å². The first-order chi connectivity index (χ1) is 12.3. The van der Waals surface area contributed by atoms with Crippen molar-refractivity contribution in [1.29, 1.82) is 0 Å². The molecule has 0 aliphatic rings. The average Bonchev–Trinajstić information content (AvgIpc) is 2.48. The number of rotatable bonds is 13. The van der Waals surface area contributed by atoms with E-state index in [9.17, 15) is 0 Å². The molecule has 9 heteroatoms. The van der Waals surface area contributed by atoms with Gasteiger partial charge in [-0.2, -0.15) is 0 Å². The first-order valence-electron chi connectivity index (χ1n) is 10.7. The van der Waals surface area contributed by atoms with Gasteiger partial charge in [0.05, 0.1) is 16.1 Å². The molecule has 3 unspecified atom stereocenters. The zero-order valence-corrected chi connectivity index (χ0v) is 26.1. The zero-order valence-electron chi connectivity index (χ0n) is 21.0. The molecule has 0 bridgehead atoms. The Morgan fingerprint density at radius 1 is 0.893 bits per heavy atom. The van der Waals surface area contributed by atoms with Crippen LogP contribution >= 0.6 is 0 Å². The molecule has 0 aromatic carbocycles. The summed E-state index contributed by atoms with van der Waals surface area (Å²) in [5.41, 5.74) is 2.19. The maximum Gasteiger partial charge on any atom is 0.330 e. The second-order valence-electron chi connectivity index (χ2n) is 11.0. The molecule has 0 saturated heterocycles. The third-order valence-corrected chi connectivity index (χ3v) is 20.6. The van der Waals surface area contributed by atoms with Crippen molar-refractivity contribution in [2.75, 3.05) is 0 Å². The Kier molecular flexibility index (Phi) is 10.6. The van der Waals surface area contributed by atoms with Crippen LogP contribution in [0.2, 0.25) is 65.5 Å². The molecule has 28 heavy (non-hydrogen) atoms. The van der Waals surface area contributed by atoms with Gasteiger partial charge in [0.1, 0.15) is 0 Å². The van der Waals surface area contributed by atoms with Crippen molar-refractivity contribution < 1.29 is 17.1 Å². The fourth-order valence-electron chi connectivity index (χ4n) is 3.24. The Morgan fingerprint density at radius 3 is 1.68 bits per heavy atom. The van der Waals surface area contributed by atoms with Crippen LogP contribution < -0.4 is 0 Å². The van der Waals surface area contributed by atoms with E-state index in [1.165, 1.54) is 0 Å². The Hall–Kier alpha value is 0.664. The average molecular weight is 481 g/mol. The van der Waals surface area contributed by atoms with Crippen molar-refractivity contribution in [2.24, 2.45) is 0 Å². The molecular formula is C19H48O4Si5. The van der Waals surface area contributed by atoms with Crippen molar-refractivity contribution in [3.63, 3.8) is 0 Å². The van der Waals surface area contributed by atoms with Crippen molar-refractivity contribution >= 4 is 42.6 Å². The van der Waals surface area contributed by atoms with Crippen LogP contribution in [0.4, 0.5) is 0 Å². The summed E-state index contributed by atoms with van der Waals surface area (Å²) in [4.78, 5) is 0. The number of hydrogen-bond donors (Lipinski definition) is 0. The van der Waals surface area contributed by atoms with Crippen LogP contribution in [0.5, 0.6) is 0 Å². The molecule has 4 nitrogen and oxygen atoms in total. The van der Waals surface area contributed by atoms with E-state index in [2.05, 4.69) is 92.8 Å². The maximum absolute atomic E-state index is 6.71. The maximum atomic E-state index is 6.71. The van der Waals surface area contributed by atoms with Crippen molar-refractivity contribution in [3.8, 4) is 0 Å². The van der Waals surface area contributed by atoms with Crippen LogP contribution in [0.25, 0.3) is 0 Å². The molecule has 0 aliphatic carbocycles. The van der Waals surface area contributed by atoms with E-state index in [1.807, 2.05) is 5.70 Å². The van der Waals surface area contributed by atoms with Gasteiger partial charge in [-0.3, -0.25) is 0 Å². The van der Waals surface area contributed by atoms with Gasteiger partial charge in [0, 0.05) is 11.0 Å². The molecule has 0 N–H and O–H groups in total. The largest absolute Gasteiger partial charge is 0.415 e. The lowest BCUT2D eigenvalue weighted by Gasteiger charge is -2.45. The van der Waals surface area contributed by atoms with Gasteiger partial charge in [-0.05, 0) is 46.0 Å². The van der Waals surface area contributed by atoms with Crippen molar-refractivity contribution in [2.45, 2.75) is 110 Å². The molecule has 0 heterocycles. The van der Waals surface area contributed by atoms with Crippen LogP contribution in [0.1, 0.15) is 33.6 Å². The van der Waals surface area contributed by atoms with Crippen molar-refractivity contribution in [1.82, 2.24) is 0 Å². The zero-order chi connectivity index (χ0) is 22.6. The van der Waals surface area contributed by atoms with Gasteiger partial charge in [-0.1, -0.05) is 58.8 Å². The van der Waals surface area contributed by atoms with Gasteiger partial charge in [-0.15, -0.1) is 6.58 Å². The molecule has 0 saturated carbocycles. The summed E-state index contributed by atoms with van der Waals surface area (Å²) in [6, 6.07) is 0. The van der Waals surface area contributed by atoms with Crippen molar-refractivity contribution in [3.05, 3.63) is 12.3 Å². The first kappa shape index (κ1) is 28.7. The molecule has 168 valence electrons. The highest BCUT2D eigenvalue weighted by Gasteiger charge is 2.45. The van der Waals surface area contributed by atoms with Gasteiger partial charge >= 0.3 is 26.4 Å². The molecule has 0 rings (SSSR count). The summed E-state index contributed by atoms with van der Waals surface area (Å²) in [5.74, 6) is 0. The minimum atomic E-state index is -2.36. The summed E-state index contributed by atoms with van der Waals surface area (Å²) in [7, 11) is -9.64. The van der Waals surface area contributed by atoms with E-state index >= 15 is 0 Å². The van der Waals surface area contributed by atoms with Crippen LogP contribution in [0.15, 0.2) is 12.3 Å². The predicted molar refractivity (Wildman–Crippen MR) is 136 cm³/mol. The summed E-state index contributed by atoms with van der Waals surface area (Å²) >= 11 is 0. The fraction of sp³-hybridized carbons (Fsp3) is 0.895. The minimum absolute atomic E-state index is 0.0998. The summed E-state index contributed by atoms with van der Waals surface area (Å²) in [6.45, 7) is 33.4. The minimum Gasteiger partial charge on any atom is -0.415 e. The molecule has 0 aliphatic heterocycles. The highest BCUT2D eigenvalue weighted by Crippen LogP contribution is 2.32. The lowest BCUT2D eigenvalue weighted by atomic mass is 10.3. The van der Waals surface area contributed by atoms with Crippen LogP contribution in [0, 0.1) is 0 Å².